The van der Waals surface area contributed by atoms with E-state index in [4.69, 9.17) is 4.74 Å². The van der Waals surface area contributed by atoms with Crippen molar-refractivity contribution in [2.75, 3.05) is 6.61 Å². The molecule has 19 heavy (non-hydrogen) atoms. The first kappa shape index (κ1) is 13.3. The minimum Gasteiger partial charge on any atom is -0.465 e. The summed E-state index contributed by atoms with van der Waals surface area (Å²) in [6.07, 6.45) is 2.63. The van der Waals surface area contributed by atoms with Gasteiger partial charge in [-0.2, -0.15) is 0 Å². The highest BCUT2D eigenvalue weighted by Gasteiger charge is 2.03. The molecular formula is C15H18N2O2. The van der Waals surface area contributed by atoms with Crippen LogP contribution in [0.2, 0.25) is 0 Å². The van der Waals surface area contributed by atoms with Gasteiger partial charge in [0, 0.05) is 12.5 Å². The van der Waals surface area contributed by atoms with E-state index in [1.165, 1.54) is 6.07 Å². The van der Waals surface area contributed by atoms with E-state index in [2.05, 4.69) is 16.9 Å². The fourth-order valence-corrected chi connectivity index (χ4v) is 1.76. The first-order valence-corrected chi connectivity index (χ1v) is 6.55. The molecule has 0 bridgehead atoms. The van der Waals surface area contributed by atoms with Crippen molar-refractivity contribution in [2.24, 2.45) is 0 Å². The van der Waals surface area contributed by atoms with Gasteiger partial charge in [-0.1, -0.05) is 43.7 Å². The molecular weight excluding hydrogens is 240 g/mol. The molecule has 0 aliphatic heterocycles. The zero-order valence-corrected chi connectivity index (χ0v) is 11.1. The van der Waals surface area contributed by atoms with E-state index in [0.29, 0.717) is 19.0 Å². The van der Waals surface area contributed by atoms with Crippen molar-refractivity contribution >= 4 is 0 Å². The Morgan fingerprint density at radius 3 is 2.79 bits per heavy atom. The average Bonchev–Trinajstić information content (AvgIpc) is 2.39. The van der Waals surface area contributed by atoms with Gasteiger partial charge in [0.2, 0.25) is 0 Å². The molecule has 2 aromatic rings. The van der Waals surface area contributed by atoms with Crippen LogP contribution in [0.5, 0.6) is 6.01 Å². The largest absolute Gasteiger partial charge is 0.465 e. The van der Waals surface area contributed by atoms with E-state index in [9.17, 15) is 4.79 Å². The number of benzene rings is 1. The molecule has 1 aromatic carbocycles. The second kappa shape index (κ2) is 6.73. The molecule has 0 radical (unpaired) electrons. The van der Waals surface area contributed by atoms with Crippen molar-refractivity contribution in [1.82, 2.24) is 9.97 Å². The number of hydrogen-bond acceptors (Lipinski definition) is 3. The van der Waals surface area contributed by atoms with Crippen LogP contribution in [0.4, 0.5) is 0 Å². The number of unbranched alkanes of at least 4 members (excludes halogenated alkanes) is 1. The van der Waals surface area contributed by atoms with E-state index in [1.807, 2.05) is 30.3 Å². The Balaban J connectivity index is 2.10. The average molecular weight is 258 g/mol. The van der Waals surface area contributed by atoms with Crippen molar-refractivity contribution in [3.05, 3.63) is 58.0 Å². The van der Waals surface area contributed by atoms with Crippen LogP contribution in [-0.2, 0) is 6.42 Å². The maximum absolute atomic E-state index is 11.6. The van der Waals surface area contributed by atoms with Crippen molar-refractivity contribution < 1.29 is 4.74 Å². The summed E-state index contributed by atoms with van der Waals surface area (Å²) in [5.74, 6) is 0. The van der Waals surface area contributed by atoms with Gasteiger partial charge in [-0.15, -0.1) is 0 Å². The molecule has 2 rings (SSSR count). The van der Waals surface area contributed by atoms with Crippen LogP contribution in [0.1, 0.15) is 31.0 Å². The number of hydrogen-bond donors (Lipinski definition) is 1. The van der Waals surface area contributed by atoms with Gasteiger partial charge in [-0.05, 0) is 12.0 Å². The normalized spacial score (nSPS) is 10.4. The van der Waals surface area contributed by atoms with Gasteiger partial charge in [0.25, 0.3) is 11.6 Å². The molecule has 4 nitrogen and oxygen atoms in total. The molecule has 0 aliphatic rings. The van der Waals surface area contributed by atoms with E-state index >= 15 is 0 Å². The van der Waals surface area contributed by atoms with Crippen LogP contribution < -0.4 is 10.3 Å². The van der Waals surface area contributed by atoms with E-state index < -0.39 is 0 Å². The molecule has 0 fully saturated rings. The van der Waals surface area contributed by atoms with Crippen molar-refractivity contribution in [1.29, 1.82) is 0 Å². The minimum atomic E-state index is -0.174. The van der Waals surface area contributed by atoms with Crippen LogP contribution in [-0.4, -0.2) is 16.6 Å². The summed E-state index contributed by atoms with van der Waals surface area (Å²) in [5, 5.41) is 0. The first-order valence-electron chi connectivity index (χ1n) is 6.55. The molecule has 0 atom stereocenters. The summed E-state index contributed by atoms with van der Waals surface area (Å²) in [6.45, 7) is 2.67. The molecule has 4 heteroatoms. The zero-order valence-electron chi connectivity index (χ0n) is 11.1. The number of H-pyrrole nitrogens is 1. The minimum absolute atomic E-state index is 0.174. The summed E-state index contributed by atoms with van der Waals surface area (Å²) in [6, 6.07) is 11.8. The Morgan fingerprint density at radius 1 is 1.26 bits per heavy atom. The predicted molar refractivity (Wildman–Crippen MR) is 74.5 cm³/mol. The fraction of sp³-hybridized carbons (Fsp3) is 0.333. The zero-order chi connectivity index (χ0) is 13.5. The Labute approximate surface area is 112 Å². The number of ether oxygens (including phenoxy) is 1. The van der Waals surface area contributed by atoms with Crippen molar-refractivity contribution in [2.45, 2.75) is 26.2 Å². The third kappa shape index (κ3) is 4.25. The SMILES string of the molecule is CCCCOc1nc(Cc2ccccc2)cc(=O)[nH]1. The molecule has 0 saturated carbocycles. The molecule has 100 valence electrons. The van der Waals surface area contributed by atoms with Crippen LogP contribution in [0.15, 0.2) is 41.2 Å². The lowest BCUT2D eigenvalue weighted by molar-refractivity contribution is 0.283. The number of aromatic amines is 1. The second-order valence-corrected chi connectivity index (χ2v) is 4.41. The Bertz CT molecular complexity index is 564. The Hall–Kier alpha value is -2.10. The summed E-state index contributed by atoms with van der Waals surface area (Å²) in [4.78, 5) is 18.5. The van der Waals surface area contributed by atoms with Gasteiger partial charge in [0.05, 0.1) is 12.3 Å². The Morgan fingerprint density at radius 2 is 2.05 bits per heavy atom. The molecule has 0 amide bonds. The highest BCUT2D eigenvalue weighted by Crippen LogP contribution is 2.08. The van der Waals surface area contributed by atoms with Crippen LogP contribution in [0.3, 0.4) is 0 Å². The highest BCUT2D eigenvalue weighted by atomic mass is 16.5. The lowest BCUT2D eigenvalue weighted by atomic mass is 10.1. The molecule has 0 spiro atoms. The van der Waals surface area contributed by atoms with Gasteiger partial charge < -0.3 is 4.74 Å². The summed E-state index contributed by atoms with van der Waals surface area (Å²) >= 11 is 0. The first-order chi connectivity index (χ1) is 9.28. The van der Waals surface area contributed by atoms with E-state index in [-0.39, 0.29) is 5.56 Å². The summed E-state index contributed by atoms with van der Waals surface area (Å²) < 4.78 is 5.44. The third-order valence-electron chi connectivity index (χ3n) is 2.74. The summed E-state index contributed by atoms with van der Waals surface area (Å²) in [7, 11) is 0. The van der Waals surface area contributed by atoms with Crippen LogP contribution >= 0.6 is 0 Å². The number of nitrogens with one attached hydrogen (secondary N) is 1. The smallest absolute Gasteiger partial charge is 0.296 e. The molecule has 0 aliphatic carbocycles. The monoisotopic (exact) mass is 258 g/mol. The lowest BCUT2D eigenvalue weighted by Crippen LogP contribution is -2.12. The molecule has 0 saturated heterocycles. The third-order valence-corrected chi connectivity index (χ3v) is 2.74. The van der Waals surface area contributed by atoms with Crippen molar-refractivity contribution in [3.63, 3.8) is 0 Å². The van der Waals surface area contributed by atoms with E-state index in [1.54, 1.807) is 0 Å². The second-order valence-electron chi connectivity index (χ2n) is 4.41. The quantitative estimate of drug-likeness (QED) is 0.810. The molecule has 0 unspecified atom stereocenters. The van der Waals surface area contributed by atoms with Gasteiger partial charge >= 0.3 is 0 Å². The molecule has 1 heterocycles. The molecule has 1 aromatic heterocycles. The van der Waals surface area contributed by atoms with Crippen molar-refractivity contribution in [3.8, 4) is 6.01 Å². The van der Waals surface area contributed by atoms with Crippen LogP contribution in [0, 0.1) is 0 Å². The van der Waals surface area contributed by atoms with Gasteiger partial charge in [0.15, 0.2) is 0 Å². The summed E-state index contributed by atoms with van der Waals surface area (Å²) in [5.41, 5.74) is 1.67. The predicted octanol–water partition coefficient (Wildman–Crippen LogP) is 2.54. The Kier molecular flexibility index (Phi) is 4.72. The van der Waals surface area contributed by atoms with Crippen LogP contribution in [0.25, 0.3) is 0 Å². The highest BCUT2D eigenvalue weighted by molar-refractivity contribution is 5.21. The molecule has 1 N–H and O–H groups in total. The maximum Gasteiger partial charge on any atom is 0.296 e. The van der Waals surface area contributed by atoms with Gasteiger partial charge in [0.1, 0.15) is 0 Å². The van der Waals surface area contributed by atoms with Gasteiger partial charge in [-0.25, -0.2) is 4.98 Å². The van der Waals surface area contributed by atoms with Gasteiger partial charge in [-0.3, -0.25) is 9.78 Å². The fourth-order valence-electron chi connectivity index (χ4n) is 1.76. The van der Waals surface area contributed by atoms with E-state index in [0.717, 1.165) is 24.1 Å². The standard InChI is InChI=1S/C15H18N2O2/c1-2-3-9-19-15-16-13(11-14(18)17-15)10-12-7-5-4-6-8-12/h4-8,11H,2-3,9-10H2,1H3,(H,16,17,18). The number of rotatable bonds is 6. The topological polar surface area (TPSA) is 55.0 Å². The number of nitrogens with zero attached hydrogens (tertiary/aromatic N) is 1. The maximum atomic E-state index is 11.6. The number of aromatic nitrogens is 2. The lowest BCUT2D eigenvalue weighted by Gasteiger charge is -2.06.